The summed E-state index contributed by atoms with van der Waals surface area (Å²) in [4.78, 5) is 25.9. The molecule has 0 aromatic heterocycles. The SMILES string of the molecule is CN(CC1CC1)C(=O)N1C[C@H](O)C[C@H]1C(=O)O. The van der Waals surface area contributed by atoms with Gasteiger partial charge in [-0.25, -0.2) is 9.59 Å². The number of β-amino-alcohol motifs (C(OH)–C–C–N with tert-alkyl or cyclic N) is 1. The molecule has 2 rings (SSSR count). The number of rotatable bonds is 3. The average molecular weight is 242 g/mol. The smallest absolute Gasteiger partial charge is 0.326 e. The van der Waals surface area contributed by atoms with Crippen LogP contribution in [0, 0.1) is 5.92 Å². The minimum absolute atomic E-state index is 0.116. The molecule has 96 valence electrons. The van der Waals surface area contributed by atoms with Gasteiger partial charge < -0.3 is 20.0 Å². The minimum Gasteiger partial charge on any atom is -0.480 e. The van der Waals surface area contributed by atoms with Gasteiger partial charge in [0.15, 0.2) is 0 Å². The zero-order valence-electron chi connectivity index (χ0n) is 9.87. The monoisotopic (exact) mass is 242 g/mol. The summed E-state index contributed by atoms with van der Waals surface area (Å²) >= 11 is 0. The minimum atomic E-state index is -1.05. The Balaban J connectivity index is 1.98. The van der Waals surface area contributed by atoms with Crippen molar-refractivity contribution in [2.75, 3.05) is 20.1 Å². The van der Waals surface area contributed by atoms with Crippen molar-refractivity contribution in [2.24, 2.45) is 5.92 Å². The number of hydrogen-bond acceptors (Lipinski definition) is 3. The fraction of sp³-hybridized carbons (Fsp3) is 0.818. The van der Waals surface area contributed by atoms with Gasteiger partial charge in [0.25, 0.3) is 0 Å². The third-order valence-corrected chi connectivity index (χ3v) is 3.37. The molecule has 2 fully saturated rings. The number of aliphatic hydroxyl groups excluding tert-OH is 1. The summed E-state index contributed by atoms with van der Waals surface area (Å²) in [5.74, 6) is -0.477. The molecule has 17 heavy (non-hydrogen) atoms. The van der Waals surface area contributed by atoms with Crippen LogP contribution in [-0.2, 0) is 4.79 Å². The number of carbonyl (C=O) groups excluding carboxylic acids is 1. The predicted octanol–water partition coefficient (Wildman–Crippen LogP) is -0.0320. The molecule has 0 aromatic rings. The highest BCUT2D eigenvalue weighted by Gasteiger charge is 2.40. The van der Waals surface area contributed by atoms with E-state index >= 15 is 0 Å². The molecule has 2 atom stereocenters. The third kappa shape index (κ3) is 2.69. The summed E-state index contributed by atoms with van der Waals surface area (Å²) < 4.78 is 0. The predicted molar refractivity (Wildman–Crippen MR) is 59.5 cm³/mol. The number of hydrogen-bond donors (Lipinski definition) is 2. The number of amides is 2. The average Bonchev–Trinajstić information content (AvgIpc) is 2.97. The molecular formula is C11H18N2O4. The van der Waals surface area contributed by atoms with Gasteiger partial charge in [-0.2, -0.15) is 0 Å². The van der Waals surface area contributed by atoms with Crippen LogP contribution >= 0.6 is 0 Å². The van der Waals surface area contributed by atoms with Crippen LogP contribution in [0.3, 0.4) is 0 Å². The molecule has 1 saturated heterocycles. The van der Waals surface area contributed by atoms with Gasteiger partial charge in [-0.1, -0.05) is 0 Å². The maximum absolute atomic E-state index is 12.0. The van der Waals surface area contributed by atoms with Crippen LogP contribution < -0.4 is 0 Å². The molecule has 0 spiro atoms. The Morgan fingerprint density at radius 3 is 2.59 bits per heavy atom. The Kier molecular flexibility index (Phi) is 3.24. The van der Waals surface area contributed by atoms with Crippen molar-refractivity contribution in [3.05, 3.63) is 0 Å². The lowest BCUT2D eigenvalue weighted by molar-refractivity contribution is -0.141. The molecule has 2 amide bonds. The van der Waals surface area contributed by atoms with Crippen molar-refractivity contribution >= 4 is 12.0 Å². The Bertz CT molecular complexity index is 329. The van der Waals surface area contributed by atoms with Crippen molar-refractivity contribution in [1.82, 2.24) is 9.80 Å². The van der Waals surface area contributed by atoms with Crippen molar-refractivity contribution < 1.29 is 19.8 Å². The summed E-state index contributed by atoms with van der Waals surface area (Å²) in [7, 11) is 1.68. The van der Waals surface area contributed by atoms with Crippen molar-refractivity contribution in [3.63, 3.8) is 0 Å². The fourth-order valence-electron chi connectivity index (χ4n) is 2.24. The standard InChI is InChI=1S/C11H18N2O4/c1-12(5-7-2-3-7)11(17)13-6-8(14)4-9(13)10(15)16/h7-9,14H,2-6H2,1H3,(H,15,16)/t8-,9+/m1/s1. The van der Waals surface area contributed by atoms with Gasteiger partial charge in [0.1, 0.15) is 6.04 Å². The maximum atomic E-state index is 12.0. The van der Waals surface area contributed by atoms with Gasteiger partial charge in [-0.3, -0.25) is 0 Å². The van der Waals surface area contributed by atoms with E-state index in [1.807, 2.05) is 0 Å². The molecule has 0 radical (unpaired) electrons. The number of carboxylic acids is 1. The van der Waals surface area contributed by atoms with E-state index in [0.717, 1.165) is 12.8 Å². The normalized spacial score (nSPS) is 28.2. The second kappa shape index (κ2) is 4.52. The second-order valence-electron chi connectivity index (χ2n) is 5.00. The summed E-state index contributed by atoms with van der Waals surface area (Å²) in [6, 6.07) is -1.18. The number of likely N-dealkylation sites (tertiary alicyclic amines) is 1. The van der Waals surface area contributed by atoms with Crippen LogP contribution in [-0.4, -0.2) is 64.3 Å². The van der Waals surface area contributed by atoms with Crippen LogP contribution in [0.1, 0.15) is 19.3 Å². The lowest BCUT2D eigenvalue weighted by atomic mass is 10.2. The van der Waals surface area contributed by atoms with Crippen LogP contribution in [0.25, 0.3) is 0 Å². The quantitative estimate of drug-likeness (QED) is 0.728. The van der Waals surface area contributed by atoms with Crippen LogP contribution in [0.4, 0.5) is 4.79 Å². The van der Waals surface area contributed by atoms with E-state index in [0.29, 0.717) is 12.5 Å². The topological polar surface area (TPSA) is 81.1 Å². The number of aliphatic carboxylic acids is 1. The highest BCUT2D eigenvalue weighted by atomic mass is 16.4. The number of aliphatic hydroxyl groups is 1. The largest absolute Gasteiger partial charge is 0.480 e. The zero-order chi connectivity index (χ0) is 12.6. The highest BCUT2D eigenvalue weighted by Crippen LogP contribution is 2.30. The maximum Gasteiger partial charge on any atom is 0.326 e. The molecule has 1 aliphatic carbocycles. The molecular weight excluding hydrogens is 224 g/mol. The number of carbonyl (C=O) groups is 2. The Labute approximate surface area is 99.8 Å². The van der Waals surface area contributed by atoms with Gasteiger partial charge in [-0.05, 0) is 18.8 Å². The van der Waals surface area contributed by atoms with Crippen molar-refractivity contribution in [3.8, 4) is 0 Å². The molecule has 2 N–H and O–H groups in total. The first-order valence-corrected chi connectivity index (χ1v) is 5.91. The van der Waals surface area contributed by atoms with Crippen LogP contribution in [0.15, 0.2) is 0 Å². The summed E-state index contributed by atoms with van der Waals surface area (Å²) in [6.07, 6.45) is 1.68. The van der Waals surface area contributed by atoms with Gasteiger partial charge >= 0.3 is 12.0 Å². The first-order valence-electron chi connectivity index (χ1n) is 5.91. The summed E-state index contributed by atoms with van der Waals surface area (Å²) in [6.45, 7) is 0.794. The number of nitrogens with zero attached hydrogens (tertiary/aromatic N) is 2. The lowest BCUT2D eigenvalue weighted by Gasteiger charge is -2.27. The Hall–Kier alpha value is -1.30. The fourth-order valence-corrected chi connectivity index (χ4v) is 2.24. The lowest BCUT2D eigenvalue weighted by Crippen LogP contribution is -2.47. The zero-order valence-corrected chi connectivity index (χ0v) is 9.87. The van der Waals surface area contributed by atoms with Gasteiger partial charge in [0, 0.05) is 26.6 Å². The van der Waals surface area contributed by atoms with Crippen LogP contribution in [0.5, 0.6) is 0 Å². The van der Waals surface area contributed by atoms with E-state index in [9.17, 15) is 14.7 Å². The Morgan fingerprint density at radius 1 is 1.41 bits per heavy atom. The number of urea groups is 1. The van der Waals surface area contributed by atoms with E-state index in [1.54, 1.807) is 11.9 Å². The molecule has 6 nitrogen and oxygen atoms in total. The molecule has 1 heterocycles. The molecule has 2 aliphatic rings. The third-order valence-electron chi connectivity index (χ3n) is 3.37. The van der Waals surface area contributed by atoms with E-state index in [1.165, 1.54) is 4.90 Å². The second-order valence-corrected chi connectivity index (χ2v) is 5.00. The van der Waals surface area contributed by atoms with Gasteiger partial charge in [0.05, 0.1) is 6.10 Å². The molecule has 0 unspecified atom stereocenters. The first kappa shape index (κ1) is 12.2. The summed E-state index contributed by atoms with van der Waals surface area (Å²) in [5, 5.41) is 18.5. The highest BCUT2D eigenvalue weighted by molar-refractivity contribution is 5.83. The van der Waals surface area contributed by atoms with Crippen molar-refractivity contribution in [2.45, 2.75) is 31.4 Å². The van der Waals surface area contributed by atoms with Gasteiger partial charge in [-0.15, -0.1) is 0 Å². The van der Waals surface area contributed by atoms with Crippen LogP contribution in [0.2, 0.25) is 0 Å². The van der Waals surface area contributed by atoms with E-state index in [4.69, 9.17) is 5.11 Å². The van der Waals surface area contributed by atoms with Crippen molar-refractivity contribution in [1.29, 1.82) is 0 Å². The molecule has 1 saturated carbocycles. The Morgan fingerprint density at radius 2 is 2.06 bits per heavy atom. The molecule has 0 aromatic carbocycles. The number of carboxylic acid groups (broad SMARTS) is 1. The first-order chi connectivity index (χ1) is 7.99. The molecule has 6 heteroatoms. The van der Waals surface area contributed by atoms with E-state index < -0.39 is 18.1 Å². The van der Waals surface area contributed by atoms with E-state index in [-0.39, 0.29) is 19.0 Å². The van der Waals surface area contributed by atoms with Gasteiger partial charge in [0.2, 0.25) is 0 Å². The summed E-state index contributed by atoms with van der Waals surface area (Å²) in [5.41, 5.74) is 0. The molecule has 1 aliphatic heterocycles. The molecule has 0 bridgehead atoms. The van der Waals surface area contributed by atoms with E-state index in [2.05, 4.69) is 0 Å².